The van der Waals surface area contributed by atoms with Gasteiger partial charge in [-0.05, 0) is 36.4 Å². The number of aromatic hydroxyl groups is 1. The van der Waals surface area contributed by atoms with E-state index in [0.29, 0.717) is 18.5 Å². The van der Waals surface area contributed by atoms with Crippen molar-refractivity contribution in [1.82, 2.24) is 14.9 Å². The van der Waals surface area contributed by atoms with E-state index in [2.05, 4.69) is 16.2 Å². The minimum atomic E-state index is -0.962. The Labute approximate surface area is 204 Å². The van der Waals surface area contributed by atoms with Gasteiger partial charge in [0.1, 0.15) is 17.3 Å². The zero-order valence-corrected chi connectivity index (χ0v) is 19.3. The second kappa shape index (κ2) is 8.00. The van der Waals surface area contributed by atoms with Crippen molar-refractivity contribution in [2.45, 2.75) is 24.9 Å². The van der Waals surface area contributed by atoms with E-state index in [1.165, 1.54) is 37.5 Å². The lowest BCUT2D eigenvalue weighted by Gasteiger charge is -2.35. The van der Waals surface area contributed by atoms with Crippen molar-refractivity contribution in [3.05, 3.63) is 63.8 Å². The Morgan fingerprint density at radius 1 is 1.14 bits per heavy atom. The molecule has 9 heteroatoms. The van der Waals surface area contributed by atoms with Crippen LogP contribution < -0.4 is 15.8 Å². The molecule has 4 heterocycles. The Hall–Kier alpha value is -4.03. The molecule has 2 aliphatic rings. The molecule has 2 fully saturated rings. The summed E-state index contributed by atoms with van der Waals surface area (Å²) in [5.41, 5.74) is -1.35. The van der Waals surface area contributed by atoms with Crippen LogP contribution in [-0.2, 0) is 7.05 Å². The number of nitrogens with one attached hydrogen (secondary N) is 1. The Balaban J connectivity index is 1.65. The molecular formula is C27H21F3N4O2. The van der Waals surface area contributed by atoms with E-state index < -0.39 is 23.0 Å². The number of anilines is 1. The monoisotopic (exact) mass is 490 g/mol. The molecule has 2 N–H and O–H groups in total. The maximum absolute atomic E-state index is 16.2. The summed E-state index contributed by atoms with van der Waals surface area (Å²) < 4.78 is 47.1. The normalized spacial score (nSPS) is 19.2. The summed E-state index contributed by atoms with van der Waals surface area (Å²) in [6.07, 6.45) is 8.77. The third-order valence-electron chi connectivity index (χ3n) is 7.27. The molecular weight excluding hydrogens is 469 g/mol. The van der Waals surface area contributed by atoms with Crippen LogP contribution in [0.5, 0.6) is 5.75 Å². The summed E-state index contributed by atoms with van der Waals surface area (Å²) in [5.74, 6) is -0.435. The molecule has 2 saturated heterocycles. The highest BCUT2D eigenvalue weighted by Crippen LogP contribution is 2.39. The second-order valence-corrected chi connectivity index (χ2v) is 9.41. The van der Waals surface area contributed by atoms with Crippen LogP contribution in [0.3, 0.4) is 0 Å². The number of benzene rings is 2. The number of phenolic OH excluding ortho intramolecular Hbond substituents is 1. The second-order valence-electron chi connectivity index (χ2n) is 9.41. The van der Waals surface area contributed by atoms with Gasteiger partial charge in [-0.1, -0.05) is 12.0 Å². The number of rotatable bonds is 2. The molecule has 36 heavy (non-hydrogen) atoms. The van der Waals surface area contributed by atoms with Gasteiger partial charge >= 0.3 is 0 Å². The highest BCUT2D eigenvalue weighted by atomic mass is 19.1. The predicted molar refractivity (Wildman–Crippen MR) is 132 cm³/mol. The molecule has 6 rings (SSSR count). The number of aromatic nitrogens is 2. The van der Waals surface area contributed by atoms with Gasteiger partial charge < -0.3 is 19.9 Å². The van der Waals surface area contributed by atoms with E-state index in [9.17, 15) is 14.3 Å². The summed E-state index contributed by atoms with van der Waals surface area (Å²) >= 11 is 0. The van der Waals surface area contributed by atoms with E-state index in [0.717, 1.165) is 17.4 Å². The fraction of sp³-hybridized carbons (Fsp3) is 0.259. The molecule has 2 bridgehead atoms. The van der Waals surface area contributed by atoms with Gasteiger partial charge in [0.2, 0.25) is 5.82 Å². The van der Waals surface area contributed by atoms with Crippen LogP contribution in [-0.4, -0.2) is 39.8 Å². The van der Waals surface area contributed by atoms with E-state index in [1.807, 2.05) is 0 Å². The first-order chi connectivity index (χ1) is 17.3. The Kier molecular flexibility index (Phi) is 4.99. The third-order valence-corrected chi connectivity index (χ3v) is 7.27. The molecule has 2 aromatic carbocycles. The highest BCUT2D eigenvalue weighted by Gasteiger charge is 2.35. The molecule has 0 aliphatic carbocycles. The van der Waals surface area contributed by atoms with Crippen LogP contribution in [0.15, 0.2) is 35.3 Å². The lowest BCUT2D eigenvalue weighted by atomic mass is 9.95. The number of halogens is 3. The van der Waals surface area contributed by atoms with E-state index in [1.54, 1.807) is 4.90 Å². The number of phenols is 1. The van der Waals surface area contributed by atoms with Crippen LogP contribution in [0.25, 0.3) is 32.9 Å². The number of aryl methyl sites for hydroxylation is 1. The zero-order chi connectivity index (χ0) is 25.3. The van der Waals surface area contributed by atoms with Gasteiger partial charge in [0.05, 0.1) is 16.8 Å². The van der Waals surface area contributed by atoms with Crippen molar-refractivity contribution in [2.24, 2.45) is 7.05 Å². The summed E-state index contributed by atoms with van der Waals surface area (Å²) in [7, 11) is 1.29. The third kappa shape index (κ3) is 3.18. The Morgan fingerprint density at radius 2 is 1.86 bits per heavy atom. The summed E-state index contributed by atoms with van der Waals surface area (Å²) in [4.78, 5) is 19.0. The summed E-state index contributed by atoms with van der Waals surface area (Å²) in [6, 6.07) is 5.56. The Bertz CT molecular complexity index is 1680. The number of pyridine rings is 2. The van der Waals surface area contributed by atoms with Crippen molar-refractivity contribution >= 4 is 27.4 Å². The average Bonchev–Trinajstić information content (AvgIpc) is 3.20. The van der Waals surface area contributed by atoms with Crippen LogP contribution in [0, 0.1) is 29.8 Å². The lowest BCUT2D eigenvalue weighted by Crippen LogP contribution is -2.52. The molecule has 0 amide bonds. The average molecular weight is 490 g/mol. The largest absolute Gasteiger partial charge is 0.508 e. The van der Waals surface area contributed by atoms with E-state index >= 15 is 8.78 Å². The number of nitrogens with zero attached hydrogens (tertiary/aromatic N) is 3. The lowest BCUT2D eigenvalue weighted by molar-refractivity contribution is 0.459. The van der Waals surface area contributed by atoms with Gasteiger partial charge in [-0.15, -0.1) is 6.42 Å². The molecule has 2 aromatic heterocycles. The molecule has 4 aromatic rings. The van der Waals surface area contributed by atoms with Gasteiger partial charge in [-0.2, -0.15) is 4.39 Å². The van der Waals surface area contributed by atoms with Gasteiger partial charge in [-0.3, -0.25) is 9.78 Å². The number of fused-ring (bicyclic) bond motifs is 4. The summed E-state index contributed by atoms with van der Waals surface area (Å²) in [6.45, 7) is 0.974. The smallest absolute Gasteiger partial charge is 0.289 e. The van der Waals surface area contributed by atoms with Crippen LogP contribution in [0.1, 0.15) is 18.4 Å². The molecule has 2 aliphatic heterocycles. The fourth-order valence-corrected chi connectivity index (χ4v) is 5.68. The van der Waals surface area contributed by atoms with E-state index in [4.69, 9.17) is 6.42 Å². The topological polar surface area (TPSA) is 70.4 Å². The van der Waals surface area contributed by atoms with Crippen molar-refractivity contribution in [1.29, 1.82) is 0 Å². The number of hydrogen-bond donors (Lipinski definition) is 2. The van der Waals surface area contributed by atoms with Gasteiger partial charge in [0, 0.05) is 54.8 Å². The molecule has 2 atom stereocenters. The highest BCUT2D eigenvalue weighted by molar-refractivity contribution is 6.03. The van der Waals surface area contributed by atoms with Gasteiger partial charge in [-0.25, -0.2) is 8.78 Å². The van der Waals surface area contributed by atoms with Crippen LogP contribution in [0.4, 0.5) is 18.9 Å². The molecule has 2 unspecified atom stereocenters. The standard InChI is InChI=1S/C27H21F3N4O2/c1-3-17-20(28)7-4-13-8-16(35)9-18(21(13)17)24-22(29)25-19(10-31-24)26(23(30)27(36)33(25)2)34-11-14-5-6-15(12-34)32-14/h1,4,7-10,14-15,32,35H,5-6,11-12H2,2H3. The first-order valence-corrected chi connectivity index (χ1v) is 11.6. The Morgan fingerprint density at radius 3 is 2.56 bits per heavy atom. The quantitative estimate of drug-likeness (QED) is 0.419. The van der Waals surface area contributed by atoms with Crippen molar-refractivity contribution in [3.8, 4) is 29.4 Å². The molecule has 0 radical (unpaired) electrons. The van der Waals surface area contributed by atoms with Crippen LogP contribution >= 0.6 is 0 Å². The SMILES string of the molecule is C#Cc1c(F)ccc2cc(O)cc(-c3ncc4c(N5CC6CCC(C5)N6)c(F)c(=O)n(C)c4c3F)c12. The van der Waals surface area contributed by atoms with Gasteiger partial charge in [0.25, 0.3) is 5.56 Å². The van der Waals surface area contributed by atoms with Crippen molar-refractivity contribution in [3.63, 3.8) is 0 Å². The van der Waals surface area contributed by atoms with E-state index in [-0.39, 0.29) is 56.6 Å². The predicted octanol–water partition coefficient (Wildman–Crippen LogP) is 3.80. The summed E-state index contributed by atoms with van der Waals surface area (Å²) in [5, 5.41) is 14.5. The van der Waals surface area contributed by atoms with Crippen molar-refractivity contribution < 1.29 is 18.3 Å². The van der Waals surface area contributed by atoms with Crippen molar-refractivity contribution in [2.75, 3.05) is 18.0 Å². The maximum atomic E-state index is 16.2. The van der Waals surface area contributed by atoms with Gasteiger partial charge in [0.15, 0.2) is 5.82 Å². The molecule has 6 nitrogen and oxygen atoms in total. The fourth-order valence-electron chi connectivity index (χ4n) is 5.68. The first-order valence-electron chi connectivity index (χ1n) is 11.6. The number of hydrogen-bond acceptors (Lipinski definition) is 5. The molecule has 182 valence electrons. The first kappa shape index (κ1) is 22.4. The molecule has 0 spiro atoms. The minimum absolute atomic E-state index is 0.0283. The van der Waals surface area contributed by atoms with Crippen LogP contribution in [0.2, 0.25) is 0 Å². The molecule has 0 saturated carbocycles. The zero-order valence-electron chi connectivity index (χ0n) is 19.3. The minimum Gasteiger partial charge on any atom is -0.508 e. The maximum Gasteiger partial charge on any atom is 0.289 e. The number of terminal acetylenes is 1. The number of piperazine rings is 1.